The Balaban J connectivity index is 1.72. The Hall–Kier alpha value is -3.08. The average molecular weight is 362 g/mol. The third kappa shape index (κ3) is 5.45. The lowest BCUT2D eigenvalue weighted by Gasteiger charge is -2.13. The highest BCUT2D eigenvalue weighted by Gasteiger charge is 2.07. The minimum atomic E-state index is 0.302. The first-order valence-electron chi connectivity index (χ1n) is 9.22. The molecule has 3 aromatic rings. The molecule has 0 atom stereocenters. The molecule has 27 heavy (non-hydrogen) atoms. The molecule has 0 saturated carbocycles. The summed E-state index contributed by atoms with van der Waals surface area (Å²) < 4.78 is 5.20. The Kier molecular flexibility index (Phi) is 6.26. The summed E-state index contributed by atoms with van der Waals surface area (Å²) in [6.07, 6.45) is 0.885. The highest BCUT2D eigenvalue weighted by Crippen LogP contribution is 2.21. The third-order valence-corrected chi connectivity index (χ3v) is 4.09. The summed E-state index contributed by atoms with van der Waals surface area (Å²) in [5.41, 5.74) is 3.22. The van der Waals surface area contributed by atoms with Crippen molar-refractivity contribution in [1.82, 2.24) is 9.97 Å². The van der Waals surface area contributed by atoms with Crippen LogP contribution in [0.4, 0.5) is 11.8 Å². The molecule has 3 rings (SSSR count). The van der Waals surface area contributed by atoms with Crippen LogP contribution in [0.5, 0.6) is 5.75 Å². The molecule has 0 aliphatic heterocycles. The van der Waals surface area contributed by atoms with E-state index in [1.165, 1.54) is 5.56 Å². The van der Waals surface area contributed by atoms with Crippen LogP contribution >= 0.6 is 0 Å². The van der Waals surface area contributed by atoms with Gasteiger partial charge in [0.15, 0.2) is 0 Å². The molecule has 2 N–H and O–H groups in total. The number of methoxy groups -OCH3 is 1. The molecule has 0 spiro atoms. The van der Waals surface area contributed by atoms with E-state index in [4.69, 9.17) is 4.74 Å². The van der Waals surface area contributed by atoms with Crippen LogP contribution in [0.15, 0.2) is 60.7 Å². The molecule has 1 aromatic heterocycles. The van der Waals surface area contributed by atoms with E-state index in [1.807, 2.05) is 36.4 Å². The lowest BCUT2D eigenvalue weighted by molar-refractivity contribution is 0.414. The number of rotatable bonds is 8. The summed E-state index contributed by atoms with van der Waals surface area (Å²) in [5, 5.41) is 6.72. The lowest BCUT2D eigenvalue weighted by Crippen LogP contribution is -2.14. The largest absolute Gasteiger partial charge is 0.497 e. The second kappa shape index (κ2) is 9.03. The Labute approximate surface area is 160 Å². The molecule has 0 aliphatic carbocycles. The summed E-state index contributed by atoms with van der Waals surface area (Å²) in [6.45, 7) is 4.95. The number of hydrogen-bond acceptors (Lipinski definition) is 5. The zero-order valence-electron chi connectivity index (χ0n) is 16.1. The molecule has 0 fully saturated rings. The van der Waals surface area contributed by atoms with E-state index < -0.39 is 0 Å². The van der Waals surface area contributed by atoms with E-state index in [2.05, 4.69) is 58.7 Å². The number of hydrogen-bond donors (Lipinski definition) is 2. The van der Waals surface area contributed by atoms with Crippen LogP contribution in [0, 0.1) is 0 Å². The van der Waals surface area contributed by atoms with Gasteiger partial charge in [0.05, 0.1) is 12.8 Å². The van der Waals surface area contributed by atoms with Gasteiger partial charge in [-0.15, -0.1) is 0 Å². The molecule has 140 valence electrons. The Morgan fingerprint density at radius 2 is 1.70 bits per heavy atom. The molecular formula is C22H26N4O. The fraction of sp³-hybridized carbons (Fsp3) is 0.273. The normalized spacial score (nSPS) is 10.7. The summed E-state index contributed by atoms with van der Waals surface area (Å²) in [6, 6.07) is 20.6. The lowest BCUT2D eigenvalue weighted by atomic mass is 10.1. The number of nitrogens with zero attached hydrogens (tertiary/aromatic N) is 2. The van der Waals surface area contributed by atoms with Gasteiger partial charge in [0.25, 0.3) is 0 Å². The van der Waals surface area contributed by atoms with Gasteiger partial charge in [-0.25, -0.2) is 4.98 Å². The van der Waals surface area contributed by atoms with Crippen LogP contribution in [0.3, 0.4) is 0 Å². The Morgan fingerprint density at radius 3 is 2.37 bits per heavy atom. The summed E-state index contributed by atoms with van der Waals surface area (Å²) >= 11 is 0. The van der Waals surface area contributed by atoms with E-state index in [1.54, 1.807) is 7.11 Å². The minimum Gasteiger partial charge on any atom is -0.497 e. The van der Waals surface area contributed by atoms with Crippen molar-refractivity contribution in [2.75, 3.05) is 24.3 Å². The van der Waals surface area contributed by atoms with Gasteiger partial charge < -0.3 is 15.4 Å². The van der Waals surface area contributed by atoms with Crippen molar-refractivity contribution in [2.45, 2.75) is 26.3 Å². The Bertz CT molecular complexity index is 848. The highest BCUT2D eigenvalue weighted by molar-refractivity contribution is 5.64. The predicted molar refractivity (Wildman–Crippen MR) is 111 cm³/mol. The van der Waals surface area contributed by atoms with E-state index in [0.29, 0.717) is 12.0 Å². The molecule has 5 nitrogen and oxygen atoms in total. The number of anilines is 2. The van der Waals surface area contributed by atoms with Crippen LogP contribution in [0.25, 0.3) is 11.3 Å². The predicted octanol–water partition coefficient (Wildman–Crippen LogP) is 4.63. The number of benzene rings is 2. The smallest absolute Gasteiger partial charge is 0.225 e. The van der Waals surface area contributed by atoms with Crippen molar-refractivity contribution in [1.29, 1.82) is 0 Å². The Morgan fingerprint density at radius 1 is 0.963 bits per heavy atom. The van der Waals surface area contributed by atoms with Gasteiger partial charge in [-0.3, -0.25) is 0 Å². The molecule has 2 aromatic carbocycles. The topological polar surface area (TPSA) is 59.1 Å². The van der Waals surface area contributed by atoms with Crippen LogP contribution < -0.4 is 15.4 Å². The van der Waals surface area contributed by atoms with Gasteiger partial charge in [0.1, 0.15) is 11.6 Å². The van der Waals surface area contributed by atoms with Gasteiger partial charge in [0.2, 0.25) is 5.95 Å². The van der Waals surface area contributed by atoms with Crippen molar-refractivity contribution in [2.24, 2.45) is 0 Å². The van der Waals surface area contributed by atoms with Crippen molar-refractivity contribution >= 4 is 11.8 Å². The molecule has 1 heterocycles. The van der Waals surface area contributed by atoms with Gasteiger partial charge in [-0.05, 0) is 38.0 Å². The second-order valence-electron chi connectivity index (χ2n) is 6.65. The van der Waals surface area contributed by atoms with E-state index in [0.717, 1.165) is 35.8 Å². The fourth-order valence-corrected chi connectivity index (χ4v) is 2.76. The summed E-state index contributed by atoms with van der Waals surface area (Å²) in [5.74, 6) is 2.33. The van der Waals surface area contributed by atoms with Gasteiger partial charge in [0, 0.05) is 24.2 Å². The fourth-order valence-electron chi connectivity index (χ4n) is 2.76. The summed E-state index contributed by atoms with van der Waals surface area (Å²) in [4.78, 5) is 9.29. The molecule has 0 radical (unpaired) electrons. The maximum atomic E-state index is 5.20. The molecule has 0 saturated heterocycles. The van der Waals surface area contributed by atoms with Crippen molar-refractivity contribution in [3.8, 4) is 17.0 Å². The van der Waals surface area contributed by atoms with Crippen molar-refractivity contribution < 1.29 is 4.74 Å². The molecular weight excluding hydrogens is 336 g/mol. The van der Waals surface area contributed by atoms with Gasteiger partial charge in [-0.1, -0.05) is 42.5 Å². The highest BCUT2D eigenvalue weighted by atomic mass is 16.5. The van der Waals surface area contributed by atoms with Gasteiger partial charge >= 0.3 is 0 Å². The van der Waals surface area contributed by atoms with E-state index >= 15 is 0 Å². The number of ether oxygens (including phenoxy) is 1. The summed E-state index contributed by atoms with van der Waals surface area (Å²) in [7, 11) is 1.68. The zero-order valence-corrected chi connectivity index (χ0v) is 16.1. The molecule has 0 aliphatic rings. The second-order valence-corrected chi connectivity index (χ2v) is 6.65. The molecule has 0 unspecified atom stereocenters. The molecule has 5 heteroatoms. The maximum Gasteiger partial charge on any atom is 0.225 e. The van der Waals surface area contributed by atoms with Crippen LogP contribution in [-0.4, -0.2) is 29.7 Å². The number of nitrogens with one attached hydrogen (secondary N) is 2. The van der Waals surface area contributed by atoms with E-state index in [9.17, 15) is 0 Å². The standard InChI is InChI=1S/C22H26N4O/c1-16(2)24-21-15-20(18-7-5-4-6-8-18)25-22(26-21)23-14-13-17-9-11-19(27-3)12-10-17/h4-12,15-16H,13-14H2,1-3H3,(H2,23,24,25,26). The quantitative estimate of drug-likeness (QED) is 0.612. The number of aromatic nitrogens is 2. The van der Waals surface area contributed by atoms with Crippen molar-refractivity contribution in [3.05, 3.63) is 66.2 Å². The first-order valence-corrected chi connectivity index (χ1v) is 9.22. The minimum absolute atomic E-state index is 0.302. The van der Waals surface area contributed by atoms with E-state index in [-0.39, 0.29) is 0 Å². The SMILES string of the molecule is COc1ccc(CCNc2nc(NC(C)C)cc(-c3ccccc3)n2)cc1. The third-order valence-electron chi connectivity index (χ3n) is 4.09. The maximum absolute atomic E-state index is 5.20. The van der Waals surface area contributed by atoms with Crippen LogP contribution in [-0.2, 0) is 6.42 Å². The molecule has 0 bridgehead atoms. The first kappa shape index (κ1) is 18.7. The van der Waals surface area contributed by atoms with Crippen LogP contribution in [0.1, 0.15) is 19.4 Å². The average Bonchev–Trinajstić information content (AvgIpc) is 2.68. The molecule has 0 amide bonds. The van der Waals surface area contributed by atoms with Crippen molar-refractivity contribution in [3.63, 3.8) is 0 Å². The monoisotopic (exact) mass is 362 g/mol. The van der Waals surface area contributed by atoms with Gasteiger partial charge in [-0.2, -0.15) is 4.98 Å². The van der Waals surface area contributed by atoms with Crippen LogP contribution in [0.2, 0.25) is 0 Å². The first-order chi connectivity index (χ1) is 13.1. The zero-order chi connectivity index (χ0) is 19.1.